The molecule has 0 saturated carbocycles. The van der Waals surface area contributed by atoms with Gasteiger partial charge in [-0.25, -0.2) is 17.2 Å². The van der Waals surface area contributed by atoms with E-state index >= 15 is 0 Å². The second-order valence-corrected chi connectivity index (χ2v) is 13.5. The van der Waals surface area contributed by atoms with E-state index in [0.29, 0.717) is 0 Å². The molecule has 3 aromatic rings. The number of nitrogens with zero attached hydrogens (tertiary/aromatic N) is 3. The molecule has 17 heteroatoms. The molecule has 2 amide bonds. The van der Waals surface area contributed by atoms with Crippen LogP contribution in [0, 0.1) is 11.3 Å². The van der Waals surface area contributed by atoms with Crippen LogP contribution in [-0.4, -0.2) is 47.6 Å². The van der Waals surface area contributed by atoms with Gasteiger partial charge < -0.3 is 9.47 Å². The largest absolute Gasteiger partial charge is 0.454 e. The highest BCUT2D eigenvalue weighted by atomic mass is 35.5. The number of fused-ring (bicyclic) bond motifs is 1. The summed E-state index contributed by atoms with van der Waals surface area (Å²) in [5.41, 5.74) is 1.53. The number of allylic oxidation sites excluding steroid dienone is 3. The molecular weight excluding hydrogens is 686 g/mol. The van der Waals surface area contributed by atoms with E-state index in [0.717, 1.165) is 17.1 Å². The molecular formula is C30H26Cl2F3N5O6S. The van der Waals surface area contributed by atoms with Gasteiger partial charge in [-0.3, -0.25) is 15.5 Å². The van der Waals surface area contributed by atoms with Crippen LogP contribution in [0.25, 0.3) is 10.9 Å². The Morgan fingerprint density at radius 2 is 1.87 bits per heavy atom. The first-order valence-corrected chi connectivity index (χ1v) is 15.9. The minimum Gasteiger partial charge on any atom is -0.454 e. The number of alkyl halides is 3. The Kier molecular flexibility index (Phi) is 10.3. The van der Waals surface area contributed by atoms with E-state index in [2.05, 4.69) is 15.3 Å². The number of imide groups is 1. The van der Waals surface area contributed by atoms with Crippen LogP contribution >= 0.6 is 23.2 Å². The number of amides is 2. The summed E-state index contributed by atoms with van der Waals surface area (Å²) in [7, 11) is -4.22. The second kappa shape index (κ2) is 13.7. The molecule has 0 spiro atoms. The van der Waals surface area contributed by atoms with Crippen molar-refractivity contribution in [3.05, 3.63) is 76.4 Å². The highest BCUT2D eigenvalue weighted by molar-refractivity contribution is 7.91. The smallest absolute Gasteiger partial charge is 0.414 e. The van der Waals surface area contributed by atoms with Crippen molar-refractivity contribution in [3.63, 3.8) is 0 Å². The molecule has 1 aliphatic rings. The molecule has 2 unspecified atom stereocenters. The number of hydrazone groups is 1. The Bertz CT molecular complexity index is 1960. The van der Waals surface area contributed by atoms with Crippen LogP contribution in [0.15, 0.2) is 65.9 Å². The molecule has 0 fully saturated rings. The third kappa shape index (κ3) is 7.40. The molecule has 0 bridgehead atoms. The molecule has 0 aliphatic heterocycles. The number of alkyl carbamates (subject to hydrolysis) is 1. The monoisotopic (exact) mass is 711 g/mol. The first-order chi connectivity index (χ1) is 22.0. The maximum atomic E-state index is 13.9. The fourth-order valence-corrected chi connectivity index (χ4v) is 6.76. The molecule has 0 radical (unpaired) electrons. The van der Waals surface area contributed by atoms with Gasteiger partial charge in [0, 0.05) is 11.6 Å². The SMILES string of the molecule is CCOC(=O)NC(=O)C(C#N)=NNc1cc(Cl)c(Oc2ccc3c(c2)c(C(C)C(F)(F)F)cn3S(=O)(=O)C2(C)C=CC=CC2)c(Cl)c1. The summed E-state index contributed by atoms with van der Waals surface area (Å²) in [4.78, 5) is 23.5. The molecule has 11 nitrogen and oxygen atoms in total. The summed E-state index contributed by atoms with van der Waals surface area (Å²) in [5, 5.41) is 14.5. The zero-order valence-corrected chi connectivity index (χ0v) is 27.2. The number of benzene rings is 2. The van der Waals surface area contributed by atoms with E-state index in [1.54, 1.807) is 18.2 Å². The molecule has 47 heavy (non-hydrogen) atoms. The van der Waals surface area contributed by atoms with Crippen molar-refractivity contribution in [2.24, 2.45) is 5.10 Å². The number of ether oxygens (including phenoxy) is 2. The van der Waals surface area contributed by atoms with Crippen molar-refractivity contribution in [3.8, 4) is 17.6 Å². The van der Waals surface area contributed by atoms with Crippen LogP contribution in [0.5, 0.6) is 11.5 Å². The molecule has 1 aromatic heterocycles. The third-order valence-corrected chi connectivity index (χ3v) is 9.99. The zero-order chi connectivity index (χ0) is 34.7. The number of hydrogen-bond acceptors (Lipinski definition) is 9. The summed E-state index contributed by atoms with van der Waals surface area (Å²) in [6.07, 6.45) is 1.79. The second-order valence-electron chi connectivity index (χ2n) is 10.4. The first-order valence-electron chi connectivity index (χ1n) is 13.7. The Hall–Kier alpha value is -4.52. The third-order valence-electron chi connectivity index (χ3n) is 7.12. The van der Waals surface area contributed by atoms with Gasteiger partial charge in [0.15, 0.2) is 5.75 Å². The maximum absolute atomic E-state index is 13.9. The number of halogens is 5. The predicted octanol–water partition coefficient (Wildman–Crippen LogP) is 7.42. The molecule has 248 valence electrons. The molecule has 1 aliphatic carbocycles. The van der Waals surface area contributed by atoms with Gasteiger partial charge in [0.25, 0.3) is 5.91 Å². The zero-order valence-electron chi connectivity index (χ0n) is 24.9. The van der Waals surface area contributed by atoms with Crippen molar-refractivity contribution >= 4 is 67.5 Å². The van der Waals surface area contributed by atoms with Crippen molar-refractivity contribution in [2.75, 3.05) is 12.0 Å². The van der Waals surface area contributed by atoms with Crippen LogP contribution in [-0.2, 0) is 19.6 Å². The number of anilines is 1. The fraction of sp³-hybridized carbons (Fsp3) is 0.267. The van der Waals surface area contributed by atoms with Gasteiger partial charge >= 0.3 is 12.3 Å². The highest BCUT2D eigenvalue weighted by Gasteiger charge is 2.42. The Labute approximate surface area is 277 Å². The van der Waals surface area contributed by atoms with E-state index in [-0.39, 0.29) is 56.7 Å². The van der Waals surface area contributed by atoms with Gasteiger partial charge in [0.05, 0.1) is 33.8 Å². The van der Waals surface area contributed by atoms with Crippen LogP contribution in [0.1, 0.15) is 38.7 Å². The van der Waals surface area contributed by atoms with E-state index in [1.807, 2.05) is 5.32 Å². The van der Waals surface area contributed by atoms with Gasteiger partial charge in [-0.15, -0.1) is 0 Å². The number of carbonyl (C=O) groups is 2. The lowest BCUT2D eigenvalue weighted by molar-refractivity contribution is -0.146. The predicted molar refractivity (Wildman–Crippen MR) is 170 cm³/mol. The maximum Gasteiger partial charge on any atom is 0.414 e. The van der Waals surface area contributed by atoms with Gasteiger partial charge in [-0.05, 0) is 63.1 Å². The Balaban J connectivity index is 1.68. The molecule has 2 N–H and O–H groups in total. The summed E-state index contributed by atoms with van der Waals surface area (Å²) in [6, 6.07) is 8.03. The minimum atomic E-state index is -4.68. The van der Waals surface area contributed by atoms with Gasteiger partial charge in [-0.2, -0.15) is 23.5 Å². The quantitative estimate of drug-likeness (QED) is 0.172. The molecule has 2 aromatic carbocycles. The van der Waals surface area contributed by atoms with Crippen molar-refractivity contribution in [1.82, 2.24) is 9.29 Å². The van der Waals surface area contributed by atoms with Crippen LogP contribution in [0.3, 0.4) is 0 Å². The van der Waals surface area contributed by atoms with Crippen LogP contribution in [0.4, 0.5) is 23.7 Å². The van der Waals surface area contributed by atoms with Crippen molar-refractivity contribution < 1.29 is 40.7 Å². The average molecular weight is 713 g/mol. The summed E-state index contributed by atoms with van der Waals surface area (Å²) >= 11 is 12.8. The normalized spacial score (nSPS) is 17.2. The Morgan fingerprint density at radius 1 is 1.19 bits per heavy atom. The number of nitriles is 1. The lowest BCUT2D eigenvalue weighted by Crippen LogP contribution is -2.37. The van der Waals surface area contributed by atoms with E-state index in [1.165, 1.54) is 56.3 Å². The number of aromatic nitrogens is 1. The number of nitrogens with one attached hydrogen (secondary N) is 2. The number of carbonyl (C=O) groups excluding carboxylic acids is 2. The summed E-state index contributed by atoms with van der Waals surface area (Å²) in [5.74, 6) is -3.26. The number of rotatable bonds is 9. The highest BCUT2D eigenvalue weighted by Crippen LogP contribution is 2.44. The number of hydrogen-bond donors (Lipinski definition) is 2. The van der Waals surface area contributed by atoms with Gasteiger partial charge in [-0.1, -0.05) is 47.5 Å². The molecule has 2 atom stereocenters. The Morgan fingerprint density at radius 3 is 2.45 bits per heavy atom. The molecule has 0 saturated heterocycles. The lowest BCUT2D eigenvalue weighted by Gasteiger charge is -2.27. The van der Waals surface area contributed by atoms with E-state index < -0.39 is 44.6 Å². The van der Waals surface area contributed by atoms with E-state index in [9.17, 15) is 36.4 Å². The van der Waals surface area contributed by atoms with Crippen LogP contribution < -0.4 is 15.5 Å². The molecule has 4 rings (SSSR count). The molecule has 1 heterocycles. The first kappa shape index (κ1) is 35.3. The standard InChI is InChI=1S/C30H26Cl2F3N5O6S/c1-4-45-28(42)37-27(41)24(15-36)39-38-18-12-22(31)26(23(32)13-18)46-19-8-9-25-20(14-19)21(17(2)30(33,34)35)16-40(25)47(43,44)29(3)10-6-5-7-11-29/h5-10,12-14,16-17,38H,4,11H2,1-3H3,(H,37,41,42). The van der Waals surface area contributed by atoms with Gasteiger partial charge in [0.2, 0.25) is 15.7 Å². The summed E-state index contributed by atoms with van der Waals surface area (Å²) < 4.78 is 79.3. The summed E-state index contributed by atoms with van der Waals surface area (Å²) in [6.45, 7) is 3.94. The average Bonchev–Trinajstić information content (AvgIpc) is 3.38. The van der Waals surface area contributed by atoms with Gasteiger partial charge in [0.1, 0.15) is 16.6 Å². The van der Waals surface area contributed by atoms with Crippen molar-refractivity contribution in [2.45, 2.75) is 44.0 Å². The van der Waals surface area contributed by atoms with Crippen molar-refractivity contribution in [1.29, 1.82) is 5.26 Å². The van der Waals surface area contributed by atoms with E-state index in [4.69, 9.17) is 27.9 Å². The van der Waals surface area contributed by atoms with Crippen LogP contribution in [0.2, 0.25) is 10.0 Å². The lowest BCUT2D eigenvalue weighted by atomic mass is 10.00. The fourth-order valence-electron chi connectivity index (χ4n) is 4.52. The minimum absolute atomic E-state index is 0.0000806. The topological polar surface area (TPSA) is 152 Å².